The lowest BCUT2D eigenvalue weighted by molar-refractivity contribution is 0.607. The van der Waals surface area contributed by atoms with Crippen LogP contribution in [0.25, 0.3) is 0 Å². The van der Waals surface area contributed by atoms with Crippen molar-refractivity contribution in [1.82, 2.24) is 14.3 Å². The topological polar surface area (TPSA) is 110 Å². The molecule has 0 spiro atoms. The Hall–Kier alpha value is -1.11. The molecule has 2 aromatic rings. The van der Waals surface area contributed by atoms with Gasteiger partial charge in [0.1, 0.15) is 0 Å². The second-order valence-corrected chi connectivity index (χ2v) is 7.78. The molecule has 0 atom stereocenters. The molecule has 2 rings (SSSR count). The molecule has 0 unspecified atom stereocenters. The van der Waals surface area contributed by atoms with Gasteiger partial charge in [0.05, 0.1) is 11.9 Å². The molecule has 0 aliphatic heterocycles. The standard InChI is InChI=1S/C8H10N6O2S4/c1-4-5(18-8(9-4)14-20(3,15)16)11-12-6-10-7(17-2)13-19-6/h1-3H3,(H,9,14). The van der Waals surface area contributed by atoms with Crippen LogP contribution in [0.3, 0.4) is 0 Å². The van der Waals surface area contributed by atoms with E-state index in [1.165, 1.54) is 11.8 Å². The summed E-state index contributed by atoms with van der Waals surface area (Å²) in [7, 11) is -3.35. The Kier molecular flexibility index (Phi) is 4.67. The Morgan fingerprint density at radius 2 is 2.05 bits per heavy atom. The largest absolute Gasteiger partial charge is 0.259 e. The third-order valence-electron chi connectivity index (χ3n) is 1.85. The number of hydrogen-bond acceptors (Lipinski definition) is 10. The van der Waals surface area contributed by atoms with Crippen molar-refractivity contribution >= 4 is 59.9 Å². The molecule has 0 bridgehead atoms. The molecule has 8 nitrogen and oxygen atoms in total. The zero-order chi connectivity index (χ0) is 14.8. The number of aromatic nitrogens is 3. The molecule has 0 aliphatic rings. The van der Waals surface area contributed by atoms with Crippen molar-refractivity contribution in [1.29, 1.82) is 0 Å². The van der Waals surface area contributed by atoms with E-state index in [9.17, 15) is 8.42 Å². The number of nitrogens with zero attached hydrogens (tertiary/aromatic N) is 5. The highest BCUT2D eigenvalue weighted by molar-refractivity contribution is 7.98. The average Bonchev–Trinajstić information content (AvgIpc) is 2.91. The van der Waals surface area contributed by atoms with Gasteiger partial charge in [-0.2, -0.15) is 9.36 Å². The summed E-state index contributed by atoms with van der Waals surface area (Å²) in [6, 6.07) is 0. The minimum Gasteiger partial charge on any atom is -0.259 e. The average molecular weight is 350 g/mol. The van der Waals surface area contributed by atoms with E-state index in [1.54, 1.807) is 6.92 Å². The summed E-state index contributed by atoms with van der Waals surface area (Å²) >= 11 is 3.68. The van der Waals surface area contributed by atoms with Crippen LogP contribution in [-0.2, 0) is 10.0 Å². The van der Waals surface area contributed by atoms with Crippen molar-refractivity contribution < 1.29 is 8.42 Å². The smallest absolute Gasteiger partial charge is 0.250 e. The minimum absolute atomic E-state index is 0.265. The zero-order valence-electron chi connectivity index (χ0n) is 10.7. The quantitative estimate of drug-likeness (QED) is 0.656. The van der Waals surface area contributed by atoms with Crippen LogP contribution in [0.15, 0.2) is 15.4 Å². The van der Waals surface area contributed by atoms with Gasteiger partial charge in [-0.3, -0.25) is 4.72 Å². The fourth-order valence-corrected chi connectivity index (χ4v) is 3.77. The molecule has 0 radical (unpaired) electrons. The van der Waals surface area contributed by atoms with E-state index in [0.717, 1.165) is 29.1 Å². The highest BCUT2D eigenvalue weighted by Gasteiger charge is 2.11. The number of thiazole rings is 1. The first-order valence-electron chi connectivity index (χ1n) is 5.12. The van der Waals surface area contributed by atoms with Crippen LogP contribution in [0.5, 0.6) is 0 Å². The summed E-state index contributed by atoms with van der Waals surface area (Å²) in [6.07, 6.45) is 2.94. The predicted octanol–water partition coefficient (Wildman–Crippen LogP) is 2.81. The van der Waals surface area contributed by atoms with E-state index in [4.69, 9.17) is 0 Å². The van der Waals surface area contributed by atoms with Gasteiger partial charge in [-0.05, 0) is 13.2 Å². The lowest BCUT2D eigenvalue weighted by Gasteiger charge is -1.95. The first-order chi connectivity index (χ1) is 9.37. The van der Waals surface area contributed by atoms with E-state index >= 15 is 0 Å². The van der Waals surface area contributed by atoms with Gasteiger partial charge < -0.3 is 0 Å². The van der Waals surface area contributed by atoms with Gasteiger partial charge in [0, 0.05) is 11.5 Å². The van der Waals surface area contributed by atoms with Crippen LogP contribution in [0.2, 0.25) is 0 Å². The van der Waals surface area contributed by atoms with Crippen molar-refractivity contribution in [3.63, 3.8) is 0 Å². The highest BCUT2D eigenvalue weighted by atomic mass is 32.2. The monoisotopic (exact) mass is 350 g/mol. The Morgan fingerprint density at radius 3 is 2.65 bits per heavy atom. The molecule has 0 saturated carbocycles. The molecule has 2 aromatic heterocycles. The fourth-order valence-electron chi connectivity index (χ4n) is 1.10. The second kappa shape index (κ2) is 6.11. The molecule has 2 heterocycles. The molecule has 108 valence electrons. The minimum atomic E-state index is -3.35. The van der Waals surface area contributed by atoms with Crippen LogP contribution >= 0.6 is 34.6 Å². The van der Waals surface area contributed by atoms with Crippen LogP contribution in [0, 0.1) is 6.92 Å². The van der Waals surface area contributed by atoms with Crippen LogP contribution in [0.1, 0.15) is 5.69 Å². The Balaban J connectivity index is 2.17. The molecule has 0 saturated heterocycles. The summed E-state index contributed by atoms with van der Waals surface area (Å²) < 4.78 is 28.6. The number of nitrogens with one attached hydrogen (secondary N) is 1. The van der Waals surface area contributed by atoms with Crippen molar-refractivity contribution in [2.75, 3.05) is 17.2 Å². The number of hydrogen-bond donors (Lipinski definition) is 1. The van der Waals surface area contributed by atoms with E-state index in [1.807, 2.05) is 6.26 Å². The molecule has 0 aromatic carbocycles. The third kappa shape index (κ3) is 4.19. The number of thioether (sulfide) groups is 1. The maximum Gasteiger partial charge on any atom is 0.250 e. The number of sulfonamides is 1. The SMILES string of the molecule is CSc1nsc(N=Nc2sc(NS(C)(=O)=O)nc2C)n1. The number of rotatable bonds is 5. The molecule has 12 heteroatoms. The highest BCUT2D eigenvalue weighted by Crippen LogP contribution is 2.32. The molecule has 1 N–H and O–H groups in total. The maximum atomic E-state index is 11.1. The van der Waals surface area contributed by atoms with Crippen molar-refractivity contribution in [2.45, 2.75) is 12.1 Å². The Morgan fingerprint density at radius 1 is 1.30 bits per heavy atom. The van der Waals surface area contributed by atoms with Crippen LogP contribution in [0.4, 0.5) is 15.3 Å². The fraction of sp³-hybridized carbons (Fsp3) is 0.375. The maximum absolute atomic E-state index is 11.1. The third-order valence-corrected chi connectivity index (χ3v) is 4.76. The first-order valence-corrected chi connectivity index (χ1v) is 9.82. The molecular formula is C8H10N6O2S4. The predicted molar refractivity (Wildman–Crippen MR) is 81.2 cm³/mol. The molecule has 0 amide bonds. The molecular weight excluding hydrogens is 340 g/mol. The summed E-state index contributed by atoms with van der Waals surface area (Å²) in [4.78, 5) is 8.19. The summed E-state index contributed by atoms with van der Waals surface area (Å²) in [6.45, 7) is 1.73. The molecule has 20 heavy (non-hydrogen) atoms. The number of azo groups is 1. The Bertz CT molecular complexity index is 734. The van der Waals surface area contributed by atoms with Gasteiger partial charge in [-0.15, -0.1) is 10.2 Å². The lowest BCUT2D eigenvalue weighted by atomic mass is 10.5. The molecule has 0 aliphatic carbocycles. The molecule has 0 fully saturated rings. The summed E-state index contributed by atoms with van der Waals surface area (Å²) in [5.74, 6) is 0. The van der Waals surface area contributed by atoms with E-state index in [2.05, 4.69) is 29.3 Å². The lowest BCUT2D eigenvalue weighted by Crippen LogP contribution is -2.08. The van der Waals surface area contributed by atoms with Gasteiger partial charge in [0.15, 0.2) is 10.1 Å². The van der Waals surface area contributed by atoms with Crippen molar-refractivity contribution in [2.24, 2.45) is 10.2 Å². The Labute approximate surface area is 128 Å². The van der Waals surface area contributed by atoms with Gasteiger partial charge >= 0.3 is 0 Å². The van der Waals surface area contributed by atoms with E-state index in [-0.39, 0.29) is 5.13 Å². The normalized spacial score (nSPS) is 12.2. The van der Waals surface area contributed by atoms with E-state index in [0.29, 0.717) is 21.0 Å². The number of aryl methyl sites for hydroxylation is 1. The van der Waals surface area contributed by atoms with Crippen molar-refractivity contribution in [3.8, 4) is 0 Å². The number of anilines is 1. The summed E-state index contributed by atoms with van der Waals surface area (Å²) in [5.41, 5.74) is 0.597. The first kappa shape index (κ1) is 15.3. The van der Waals surface area contributed by atoms with Gasteiger partial charge in [0.25, 0.3) is 0 Å². The van der Waals surface area contributed by atoms with Crippen LogP contribution in [-0.4, -0.2) is 35.3 Å². The zero-order valence-corrected chi connectivity index (χ0v) is 14.0. The summed E-state index contributed by atoms with van der Waals surface area (Å²) in [5, 5.41) is 9.86. The van der Waals surface area contributed by atoms with Crippen molar-refractivity contribution in [3.05, 3.63) is 5.69 Å². The van der Waals surface area contributed by atoms with Crippen LogP contribution < -0.4 is 4.72 Å². The van der Waals surface area contributed by atoms with Gasteiger partial charge in [-0.25, -0.2) is 13.4 Å². The second-order valence-electron chi connectivity index (χ2n) is 3.55. The van der Waals surface area contributed by atoms with Gasteiger partial charge in [-0.1, -0.05) is 23.1 Å². The van der Waals surface area contributed by atoms with E-state index < -0.39 is 10.0 Å². The van der Waals surface area contributed by atoms with Gasteiger partial charge in [0.2, 0.25) is 20.3 Å².